The van der Waals surface area contributed by atoms with E-state index < -0.39 is 29.4 Å². The number of aliphatic hydroxyl groups excluding tert-OH is 2. The Kier molecular flexibility index (Phi) is 15.3. The number of ether oxygens (including phenoxy) is 4. The maximum absolute atomic E-state index is 14.4. The lowest BCUT2D eigenvalue weighted by molar-refractivity contribution is -0.256. The van der Waals surface area contributed by atoms with Gasteiger partial charge < -0.3 is 34.0 Å². The molecule has 11 heteroatoms. The van der Waals surface area contributed by atoms with Crippen LogP contribution in [-0.2, 0) is 20.9 Å². The van der Waals surface area contributed by atoms with Crippen LogP contribution in [0.15, 0.2) is 127 Å². The summed E-state index contributed by atoms with van der Waals surface area (Å²) in [7, 11) is 0. The third-order valence-electron chi connectivity index (χ3n) is 12.4. The molecule has 1 saturated carbocycles. The van der Waals surface area contributed by atoms with Crippen molar-refractivity contribution in [2.24, 2.45) is 22.9 Å². The molecule has 7 rings (SSSR count). The van der Waals surface area contributed by atoms with E-state index in [-0.39, 0.29) is 63.0 Å². The van der Waals surface area contributed by atoms with Crippen molar-refractivity contribution in [2.75, 3.05) is 26.4 Å². The molecule has 4 aromatic rings. The molecule has 0 saturated heterocycles. The molecule has 4 aromatic carbocycles. The number of hydrogen-bond acceptors (Lipinski definition) is 9. The minimum Gasteiger partial charge on any atom is -0.459 e. The van der Waals surface area contributed by atoms with Crippen LogP contribution in [0.4, 0.5) is 9.18 Å². The first-order chi connectivity index (χ1) is 31.0. The second kappa shape index (κ2) is 21.0. The molecule has 6 atom stereocenters. The molecule has 2 N–H and O–H groups in total. The summed E-state index contributed by atoms with van der Waals surface area (Å²) in [6.07, 6.45) is 8.10. The summed E-state index contributed by atoms with van der Waals surface area (Å²) in [5.74, 6) is -0.673. The van der Waals surface area contributed by atoms with Gasteiger partial charge in [0.1, 0.15) is 34.7 Å². The van der Waals surface area contributed by atoms with Crippen molar-refractivity contribution < 1.29 is 43.2 Å². The maximum atomic E-state index is 14.4. The minimum absolute atomic E-state index is 0.0189. The highest BCUT2D eigenvalue weighted by molar-refractivity contribution is 6.03. The SMILES string of the molecule is C=CCOC12Oc3ccc(Oc4ccc(-c5ccccc5)cc4)cc3C3C(CCCCO)C(CCCCO)C=C(C(=NOC(C)(C)C)CC1N(Cc1ccc(F)cc1)C(=O)OCC)C32. The van der Waals surface area contributed by atoms with Gasteiger partial charge in [0.25, 0.3) is 0 Å². The molecule has 0 bridgehead atoms. The highest BCUT2D eigenvalue weighted by atomic mass is 19.1. The number of allylic oxidation sites excluding steroid dienone is 1. The largest absolute Gasteiger partial charge is 0.459 e. The summed E-state index contributed by atoms with van der Waals surface area (Å²) in [5, 5.41) is 24.9. The lowest BCUT2D eigenvalue weighted by Gasteiger charge is -2.60. The average molecular weight is 875 g/mol. The molecule has 10 nitrogen and oxygen atoms in total. The summed E-state index contributed by atoms with van der Waals surface area (Å²) >= 11 is 0. The number of nitrogens with zero attached hydrogens (tertiary/aromatic N) is 2. The quantitative estimate of drug-likeness (QED) is 0.0543. The van der Waals surface area contributed by atoms with E-state index in [1.165, 1.54) is 12.1 Å². The first kappa shape index (κ1) is 46.5. The third-order valence-corrected chi connectivity index (χ3v) is 12.4. The van der Waals surface area contributed by atoms with Crippen molar-refractivity contribution in [3.63, 3.8) is 0 Å². The monoisotopic (exact) mass is 874 g/mol. The van der Waals surface area contributed by atoms with Crippen LogP contribution in [0.25, 0.3) is 11.1 Å². The van der Waals surface area contributed by atoms with Gasteiger partial charge in [0.15, 0.2) is 0 Å². The number of benzene rings is 4. The number of aliphatic hydroxyl groups is 2. The van der Waals surface area contributed by atoms with E-state index in [0.29, 0.717) is 41.4 Å². The van der Waals surface area contributed by atoms with Crippen molar-refractivity contribution >= 4 is 11.8 Å². The number of rotatable bonds is 19. The standard InChI is InChI=1S/C53H63FN2O8/c1-6-31-61-53-48(56(51(59)60-7-2)35-36-19-23-40(54)24-20-36)34-46(55-64-52(3,4)5)44-32-39(17-11-13-29-57)43(18-12-14-30-58)49(50(44)53)45-33-42(27-28-47(45)63-53)62-41-25-21-38(22-26-41)37-15-9-8-10-16-37/h6,8-10,15-16,19-28,32-33,39,43,48-50,57-58H,1,7,11-14,17-18,29-31,34-35H2,2-5H3. The lowest BCUT2D eigenvalue weighted by Crippen LogP contribution is -2.70. The maximum Gasteiger partial charge on any atom is 0.410 e. The second-order valence-corrected chi connectivity index (χ2v) is 17.9. The fraction of sp³-hybridized carbons (Fsp3) is 0.434. The molecule has 340 valence electrons. The van der Waals surface area contributed by atoms with E-state index in [9.17, 15) is 19.4 Å². The second-order valence-electron chi connectivity index (χ2n) is 17.9. The summed E-state index contributed by atoms with van der Waals surface area (Å²) in [4.78, 5) is 22.3. The lowest BCUT2D eigenvalue weighted by atomic mass is 9.55. The number of fused-ring (bicyclic) bond motifs is 2. The van der Waals surface area contributed by atoms with Gasteiger partial charge in [0, 0.05) is 37.7 Å². The predicted octanol–water partition coefficient (Wildman–Crippen LogP) is 11.4. The molecule has 0 radical (unpaired) electrons. The molecule has 0 aromatic heterocycles. The topological polar surface area (TPSA) is 119 Å². The highest BCUT2D eigenvalue weighted by Crippen LogP contribution is 2.62. The Labute approximate surface area is 377 Å². The van der Waals surface area contributed by atoms with Gasteiger partial charge in [-0.3, -0.25) is 4.90 Å². The van der Waals surface area contributed by atoms with Gasteiger partial charge in [0.05, 0.1) is 24.8 Å². The van der Waals surface area contributed by atoms with Gasteiger partial charge in [-0.2, -0.15) is 0 Å². The molecule has 0 spiro atoms. The Morgan fingerprint density at radius 3 is 2.28 bits per heavy atom. The zero-order valence-corrected chi connectivity index (χ0v) is 37.6. The van der Waals surface area contributed by atoms with Crippen LogP contribution in [0.5, 0.6) is 17.2 Å². The number of unbranched alkanes of at least 4 members (excludes halogenated alkanes) is 2. The van der Waals surface area contributed by atoms with Crippen molar-refractivity contribution in [1.82, 2.24) is 4.90 Å². The Bertz CT molecular complexity index is 2240. The molecule has 1 fully saturated rings. The first-order valence-electron chi connectivity index (χ1n) is 22.8. The van der Waals surface area contributed by atoms with Crippen LogP contribution in [0.2, 0.25) is 0 Å². The number of hydrogen-bond donors (Lipinski definition) is 2. The zero-order valence-electron chi connectivity index (χ0n) is 37.6. The number of amides is 1. The summed E-state index contributed by atoms with van der Waals surface area (Å²) in [6, 6.07) is 29.4. The van der Waals surface area contributed by atoms with Gasteiger partial charge >= 0.3 is 6.09 Å². The van der Waals surface area contributed by atoms with Gasteiger partial charge in [-0.05, 0) is 130 Å². The van der Waals surface area contributed by atoms with Crippen molar-refractivity contribution in [2.45, 2.75) is 103 Å². The number of carbonyl (C=O) groups is 1. The van der Waals surface area contributed by atoms with E-state index in [1.807, 2.05) is 75.4 Å². The fourth-order valence-electron chi connectivity index (χ4n) is 9.68. The minimum atomic E-state index is -1.49. The van der Waals surface area contributed by atoms with Crippen LogP contribution in [0.1, 0.15) is 89.7 Å². The Hall–Kier alpha value is -5.49. The van der Waals surface area contributed by atoms with Gasteiger partial charge in [-0.15, -0.1) is 6.58 Å². The number of carbonyl (C=O) groups excluding carboxylic acids is 1. The Balaban J connectivity index is 1.43. The van der Waals surface area contributed by atoms with E-state index in [4.69, 9.17) is 28.9 Å². The van der Waals surface area contributed by atoms with Gasteiger partial charge in [-0.1, -0.05) is 84.7 Å². The molecular formula is C53H63FN2O8. The van der Waals surface area contributed by atoms with Crippen LogP contribution in [0.3, 0.4) is 0 Å². The number of oxime groups is 1. The predicted molar refractivity (Wildman–Crippen MR) is 247 cm³/mol. The molecule has 1 heterocycles. The van der Waals surface area contributed by atoms with Gasteiger partial charge in [-0.25, -0.2) is 9.18 Å². The average Bonchev–Trinajstić information content (AvgIpc) is 3.29. The van der Waals surface area contributed by atoms with Crippen molar-refractivity contribution in [1.29, 1.82) is 0 Å². The van der Waals surface area contributed by atoms with Crippen LogP contribution in [0, 0.1) is 23.6 Å². The molecule has 1 amide bonds. The van der Waals surface area contributed by atoms with Crippen LogP contribution < -0.4 is 9.47 Å². The molecule has 1 aliphatic heterocycles. The molecule has 2 aliphatic carbocycles. The van der Waals surface area contributed by atoms with Crippen molar-refractivity contribution in [3.05, 3.63) is 138 Å². The van der Waals surface area contributed by atoms with Crippen LogP contribution in [-0.4, -0.2) is 70.8 Å². The van der Waals surface area contributed by atoms with Crippen molar-refractivity contribution in [3.8, 4) is 28.4 Å². The normalized spacial score (nSPS) is 23.0. The van der Waals surface area contributed by atoms with Gasteiger partial charge in [0.2, 0.25) is 5.79 Å². The molecule has 64 heavy (non-hydrogen) atoms. The van der Waals surface area contributed by atoms with E-state index in [0.717, 1.165) is 47.9 Å². The smallest absolute Gasteiger partial charge is 0.410 e. The van der Waals surface area contributed by atoms with Crippen LogP contribution >= 0.6 is 0 Å². The van der Waals surface area contributed by atoms with E-state index in [2.05, 4.69) is 30.9 Å². The summed E-state index contributed by atoms with van der Waals surface area (Å²) in [5.41, 5.74) is 4.78. The highest BCUT2D eigenvalue weighted by Gasteiger charge is 2.65. The molecule has 6 unspecified atom stereocenters. The summed E-state index contributed by atoms with van der Waals surface area (Å²) < 4.78 is 41.1. The summed E-state index contributed by atoms with van der Waals surface area (Å²) in [6.45, 7) is 12.1. The number of halogens is 1. The zero-order chi connectivity index (χ0) is 45.3. The molecular weight excluding hydrogens is 812 g/mol. The molecule has 3 aliphatic rings. The Morgan fingerprint density at radius 1 is 0.922 bits per heavy atom. The first-order valence-corrected chi connectivity index (χ1v) is 22.8. The Morgan fingerprint density at radius 2 is 1.61 bits per heavy atom. The third kappa shape index (κ3) is 10.5. The van der Waals surface area contributed by atoms with E-state index >= 15 is 0 Å². The fourth-order valence-corrected chi connectivity index (χ4v) is 9.68. The van der Waals surface area contributed by atoms with E-state index in [1.54, 1.807) is 30.0 Å².